The maximum absolute atomic E-state index is 12.0. The zero-order chi connectivity index (χ0) is 19.2. The smallest absolute Gasteiger partial charge is 0.319 e. The number of benzene rings is 2. The lowest BCUT2D eigenvalue weighted by Crippen LogP contribution is -2.30. The van der Waals surface area contributed by atoms with Gasteiger partial charge in [-0.2, -0.15) is 0 Å². The number of ether oxygens (including phenoxy) is 1. The maximum Gasteiger partial charge on any atom is 0.319 e. The summed E-state index contributed by atoms with van der Waals surface area (Å²) in [6, 6.07) is 13.1. The predicted octanol–water partition coefficient (Wildman–Crippen LogP) is 5.14. The Hall–Kier alpha value is -2.57. The molecule has 0 spiro atoms. The molecule has 2 amide bonds. The number of halogens is 1. The summed E-state index contributed by atoms with van der Waals surface area (Å²) >= 11 is 7.66. The molecule has 0 saturated heterocycles. The Morgan fingerprint density at radius 2 is 2.00 bits per heavy atom. The summed E-state index contributed by atoms with van der Waals surface area (Å²) in [5.41, 5.74) is 3.90. The van der Waals surface area contributed by atoms with E-state index in [9.17, 15) is 4.79 Å². The van der Waals surface area contributed by atoms with E-state index >= 15 is 0 Å². The van der Waals surface area contributed by atoms with Gasteiger partial charge in [0.25, 0.3) is 0 Å². The van der Waals surface area contributed by atoms with E-state index in [-0.39, 0.29) is 6.03 Å². The summed E-state index contributed by atoms with van der Waals surface area (Å²) in [6.45, 7) is 2.56. The number of thiazole rings is 1. The molecule has 3 rings (SSSR count). The van der Waals surface area contributed by atoms with Gasteiger partial charge in [-0.15, -0.1) is 11.3 Å². The molecule has 2 N–H and O–H groups in total. The first kappa shape index (κ1) is 19.2. The molecule has 0 aliphatic heterocycles. The molecule has 0 atom stereocenters. The van der Waals surface area contributed by atoms with Crippen molar-refractivity contribution in [2.24, 2.45) is 0 Å². The molecule has 0 aliphatic rings. The first-order valence-corrected chi connectivity index (χ1v) is 9.71. The van der Waals surface area contributed by atoms with Gasteiger partial charge in [0.05, 0.1) is 17.8 Å². The van der Waals surface area contributed by atoms with Crippen LogP contribution in [0.4, 0.5) is 10.5 Å². The van der Waals surface area contributed by atoms with Crippen molar-refractivity contribution in [3.63, 3.8) is 0 Å². The average molecular weight is 402 g/mol. The number of hydrogen-bond donors (Lipinski definition) is 2. The molecule has 140 valence electrons. The van der Waals surface area contributed by atoms with Crippen LogP contribution < -0.4 is 15.4 Å². The lowest BCUT2D eigenvalue weighted by molar-refractivity contribution is 0.252. The molecule has 0 unspecified atom stereocenters. The Balaban J connectivity index is 1.49. The summed E-state index contributed by atoms with van der Waals surface area (Å²) < 4.78 is 5.09. The fourth-order valence-corrected chi connectivity index (χ4v) is 3.59. The summed E-state index contributed by atoms with van der Waals surface area (Å²) in [5, 5.41) is 9.03. The van der Waals surface area contributed by atoms with E-state index in [4.69, 9.17) is 16.3 Å². The number of aryl methyl sites for hydroxylation is 1. The van der Waals surface area contributed by atoms with E-state index in [0.717, 1.165) is 16.3 Å². The third kappa shape index (κ3) is 5.21. The largest absolute Gasteiger partial charge is 0.495 e. The van der Waals surface area contributed by atoms with Crippen molar-refractivity contribution in [2.75, 3.05) is 19.0 Å². The van der Waals surface area contributed by atoms with E-state index in [1.165, 1.54) is 5.56 Å². The van der Waals surface area contributed by atoms with E-state index in [2.05, 4.69) is 46.8 Å². The molecule has 0 aliphatic carbocycles. The SMILES string of the molecule is COc1ccc(NC(=O)NCCc2csc(-c3ccc(C)cc3)n2)cc1Cl. The van der Waals surface area contributed by atoms with Gasteiger partial charge in [0.15, 0.2) is 0 Å². The summed E-state index contributed by atoms with van der Waals surface area (Å²) in [5.74, 6) is 0.565. The highest BCUT2D eigenvalue weighted by Crippen LogP contribution is 2.27. The second-order valence-electron chi connectivity index (χ2n) is 5.99. The van der Waals surface area contributed by atoms with Crippen molar-refractivity contribution < 1.29 is 9.53 Å². The summed E-state index contributed by atoms with van der Waals surface area (Å²) in [6.07, 6.45) is 0.666. The highest BCUT2D eigenvalue weighted by atomic mass is 35.5. The summed E-state index contributed by atoms with van der Waals surface area (Å²) in [7, 11) is 1.55. The van der Waals surface area contributed by atoms with Gasteiger partial charge >= 0.3 is 6.03 Å². The Morgan fingerprint density at radius 3 is 2.70 bits per heavy atom. The molecule has 0 radical (unpaired) electrons. The normalized spacial score (nSPS) is 10.5. The van der Waals surface area contributed by atoms with Crippen molar-refractivity contribution in [1.29, 1.82) is 0 Å². The number of carbonyl (C=O) groups is 1. The average Bonchev–Trinajstić information content (AvgIpc) is 3.11. The Labute approximate surface area is 167 Å². The van der Waals surface area contributed by atoms with E-state index < -0.39 is 0 Å². The van der Waals surface area contributed by atoms with Crippen LogP contribution in [0.3, 0.4) is 0 Å². The van der Waals surface area contributed by atoms with Crippen molar-refractivity contribution in [3.8, 4) is 16.3 Å². The number of urea groups is 1. The van der Waals surface area contributed by atoms with Gasteiger partial charge in [-0.05, 0) is 25.1 Å². The van der Waals surface area contributed by atoms with Gasteiger partial charge in [0.1, 0.15) is 10.8 Å². The lowest BCUT2D eigenvalue weighted by Gasteiger charge is -2.09. The van der Waals surface area contributed by atoms with Crippen LogP contribution in [0, 0.1) is 6.92 Å². The van der Waals surface area contributed by atoms with E-state index in [1.54, 1.807) is 36.6 Å². The predicted molar refractivity (Wildman–Crippen MR) is 111 cm³/mol. The first-order valence-electron chi connectivity index (χ1n) is 8.45. The molecule has 5 nitrogen and oxygen atoms in total. The molecule has 1 aromatic heterocycles. The topological polar surface area (TPSA) is 63.2 Å². The minimum absolute atomic E-state index is 0.287. The molecule has 7 heteroatoms. The van der Waals surface area contributed by atoms with Gasteiger partial charge in [0.2, 0.25) is 0 Å². The van der Waals surface area contributed by atoms with E-state index in [1.807, 2.05) is 5.38 Å². The van der Waals surface area contributed by atoms with Crippen LogP contribution in [-0.2, 0) is 6.42 Å². The van der Waals surface area contributed by atoms with Gasteiger partial charge < -0.3 is 15.4 Å². The number of hydrogen-bond acceptors (Lipinski definition) is 4. The Bertz CT molecular complexity index is 925. The van der Waals surface area contributed by atoms with Crippen molar-refractivity contribution in [3.05, 3.63) is 64.1 Å². The standard InChI is InChI=1S/C20H20ClN3O2S/c1-13-3-5-14(6-4-13)19-23-16(12-27-19)9-10-22-20(25)24-15-7-8-18(26-2)17(21)11-15/h3-8,11-12H,9-10H2,1-2H3,(H2,22,24,25). The first-order chi connectivity index (χ1) is 13.0. The van der Waals surface area contributed by atoms with Gasteiger partial charge in [-0.1, -0.05) is 41.4 Å². The van der Waals surface area contributed by atoms with Crippen LogP contribution in [0.5, 0.6) is 5.75 Å². The number of amides is 2. The van der Waals surface area contributed by atoms with Crippen LogP contribution in [0.1, 0.15) is 11.3 Å². The molecule has 0 bridgehead atoms. The fourth-order valence-electron chi connectivity index (χ4n) is 2.47. The maximum atomic E-state index is 12.0. The molecular weight excluding hydrogens is 382 g/mol. The minimum Gasteiger partial charge on any atom is -0.495 e. The zero-order valence-electron chi connectivity index (χ0n) is 15.1. The van der Waals surface area contributed by atoms with Crippen LogP contribution in [-0.4, -0.2) is 24.7 Å². The molecule has 3 aromatic rings. The molecule has 0 saturated carbocycles. The number of nitrogens with zero attached hydrogens (tertiary/aromatic N) is 1. The van der Waals surface area contributed by atoms with Crippen LogP contribution in [0.15, 0.2) is 47.8 Å². The van der Waals surface area contributed by atoms with Crippen LogP contribution >= 0.6 is 22.9 Å². The molecule has 0 fully saturated rings. The fraction of sp³-hybridized carbons (Fsp3) is 0.200. The Kier molecular flexibility index (Phi) is 6.32. The summed E-state index contributed by atoms with van der Waals surface area (Å²) in [4.78, 5) is 16.6. The minimum atomic E-state index is -0.287. The van der Waals surface area contributed by atoms with Crippen molar-refractivity contribution in [1.82, 2.24) is 10.3 Å². The molecule has 2 aromatic carbocycles. The number of carbonyl (C=O) groups excluding carboxylic acids is 1. The van der Waals surface area contributed by atoms with Gasteiger partial charge in [-0.3, -0.25) is 0 Å². The number of anilines is 1. The van der Waals surface area contributed by atoms with Crippen LogP contribution in [0.2, 0.25) is 5.02 Å². The second kappa shape index (κ2) is 8.88. The molecule has 1 heterocycles. The van der Waals surface area contributed by atoms with Crippen molar-refractivity contribution in [2.45, 2.75) is 13.3 Å². The third-order valence-electron chi connectivity index (χ3n) is 3.93. The van der Waals surface area contributed by atoms with Gasteiger partial charge in [-0.25, -0.2) is 9.78 Å². The number of methoxy groups -OCH3 is 1. The number of aromatic nitrogens is 1. The van der Waals surface area contributed by atoms with Crippen LogP contribution in [0.25, 0.3) is 10.6 Å². The molecular formula is C20H20ClN3O2S. The third-order valence-corrected chi connectivity index (χ3v) is 5.16. The quantitative estimate of drug-likeness (QED) is 0.600. The van der Waals surface area contributed by atoms with Crippen molar-refractivity contribution >= 4 is 34.7 Å². The molecule has 27 heavy (non-hydrogen) atoms. The Morgan fingerprint density at radius 1 is 1.22 bits per heavy atom. The zero-order valence-corrected chi connectivity index (χ0v) is 16.7. The van der Waals surface area contributed by atoms with Gasteiger partial charge in [0, 0.05) is 29.6 Å². The monoisotopic (exact) mass is 401 g/mol. The van der Waals surface area contributed by atoms with E-state index in [0.29, 0.717) is 29.4 Å². The number of rotatable bonds is 6. The highest BCUT2D eigenvalue weighted by molar-refractivity contribution is 7.13. The highest BCUT2D eigenvalue weighted by Gasteiger charge is 2.07. The lowest BCUT2D eigenvalue weighted by atomic mass is 10.2. The number of nitrogens with one attached hydrogen (secondary N) is 2. The second-order valence-corrected chi connectivity index (χ2v) is 7.26.